The minimum absolute atomic E-state index is 0.177. The summed E-state index contributed by atoms with van der Waals surface area (Å²) in [6.07, 6.45) is 2.04. The molecule has 0 bridgehead atoms. The second-order valence-corrected chi connectivity index (χ2v) is 5.63. The molecule has 1 aliphatic heterocycles. The van der Waals surface area contributed by atoms with Crippen LogP contribution >= 0.6 is 0 Å². The molecule has 0 aromatic rings. The number of rotatable bonds is 6. The third-order valence-corrected chi connectivity index (χ3v) is 4.31. The van der Waals surface area contributed by atoms with Crippen LogP contribution < -0.4 is 4.72 Å². The van der Waals surface area contributed by atoms with E-state index in [0.717, 1.165) is 12.8 Å². The van der Waals surface area contributed by atoms with Gasteiger partial charge in [0, 0.05) is 19.1 Å². The Kier molecular flexibility index (Phi) is 4.69. The van der Waals surface area contributed by atoms with Crippen LogP contribution in [0.25, 0.3) is 0 Å². The van der Waals surface area contributed by atoms with E-state index in [2.05, 4.69) is 4.72 Å². The van der Waals surface area contributed by atoms with Gasteiger partial charge in [-0.05, 0) is 19.3 Å². The average Bonchev–Trinajstić information content (AvgIpc) is 2.68. The lowest BCUT2D eigenvalue weighted by Crippen LogP contribution is -2.44. The van der Waals surface area contributed by atoms with Crippen LogP contribution in [0.4, 0.5) is 0 Å². The van der Waals surface area contributed by atoms with Crippen molar-refractivity contribution in [2.24, 2.45) is 0 Å². The van der Waals surface area contributed by atoms with Crippen molar-refractivity contribution in [1.29, 1.82) is 0 Å². The molecule has 0 aromatic heterocycles. The fraction of sp³-hybridized carbons (Fsp3) is 0.889. The van der Waals surface area contributed by atoms with Gasteiger partial charge in [-0.3, -0.25) is 4.79 Å². The van der Waals surface area contributed by atoms with Gasteiger partial charge in [-0.15, -0.1) is 0 Å². The van der Waals surface area contributed by atoms with Crippen molar-refractivity contribution in [1.82, 2.24) is 9.03 Å². The van der Waals surface area contributed by atoms with Crippen LogP contribution in [-0.4, -0.2) is 42.9 Å². The van der Waals surface area contributed by atoms with E-state index < -0.39 is 22.2 Å². The number of nitrogens with one attached hydrogen (secondary N) is 1. The van der Waals surface area contributed by atoms with Gasteiger partial charge in [0.2, 0.25) is 0 Å². The molecule has 1 saturated heterocycles. The summed E-state index contributed by atoms with van der Waals surface area (Å²) in [5.41, 5.74) is 0. The molecule has 1 fully saturated rings. The summed E-state index contributed by atoms with van der Waals surface area (Å²) in [5.74, 6) is -0.990. The van der Waals surface area contributed by atoms with Crippen LogP contribution in [0.3, 0.4) is 0 Å². The van der Waals surface area contributed by atoms with Gasteiger partial charge in [0.25, 0.3) is 10.2 Å². The van der Waals surface area contributed by atoms with Crippen molar-refractivity contribution in [3.63, 3.8) is 0 Å². The van der Waals surface area contributed by atoms with Crippen molar-refractivity contribution < 1.29 is 18.3 Å². The normalized spacial score (nSPS) is 19.8. The van der Waals surface area contributed by atoms with Crippen LogP contribution in [0.5, 0.6) is 0 Å². The maximum absolute atomic E-state index is 11.8. The molecule has 1 unspecified atom stereocenters. The number of hydrogen-bond acceptors (Lipinski definition) is 3. The lowest BCUT2D eigenvalue weighted by Gasteiger charge is -2.20. The molecule has 1 atom stereocenters. The van der Waals surface area contributed by atoms with Crippen molar-refractivity contribution in [3.05, 3.63) is 0 Å². The zero-order valence-electron chi connectivity index (χ0n) is 9.35. The lowest BCUT2D eigenvalue weighted by atomic mass is 10.2. The van der Waals surface area contributed by atoms with Crippen molar-refractivity contribution >= 4 is 16.2 Å². The molecule has 0 spiro atoms. The van der Waals surface area contributed by atoms with Crippen molar-refractivity contribution in [2.45, 2.75) is 38.6 Å². The van der Waals surface area contributed by atoms with E-state index in [1.54, 1.807) is 6.92 Å². The topological polar surface area (TPSA) is 86.7 Å². The summed E-state index contributed by atoms with van der Waals surface area (Å²) in [4.78, 5) is 10.5. The first-order chi connectivity index (χ1) is 7.45. The van der Waals surface area contributed by atoms with Crippen LogP contribution in [0.1, 0.15) is 32.6 Å². The highest BCUT2D eigenvalue weighted by Crippen LogP contribution is 2.12. The Bertz CT molecular complexity index is 335. The summed E-state index contributed by atoms with van der Waals surface area (Å²) in [6, 6.07) is -0.525. The average molecular weight is 250 g/mol. The maximum Gasteiger partial charge on any atom is 0.304 e. The molecular formula is C9H18N2O4S. The van der Waals surface area contributed by atoms with Crippen LogP contribution in [0.15, 0.2) is 0 Å². The highest BCUT2D eigenvalue weighted by atomic mass is 32.2. The van der Waals surface area contributed by atoms with Gasteiger partial charge < -0.3 is 5.11 Å². The van der Waals surface area contributed by atoms with Gasteiger partial charge in [0.05, 0.1) is 6.42 Å². The minimum atomic E-state index is -3.50. The molecule has 1 rings (SSSR count). The van der Waals surface area contributed by atoms with Crippen LogP contribution in [0.2, 0.25) is 0 Å². The molecule has 0 radical (unpaired) electrons. The first kappa shape index (κ1) is 13.4. The van der Waals surface area contributed by atoms with Crippen molar-refractivity contribution in [2.75, 3.05) is 13.1 Å². The Morgan fingerprint density at radius 2 is 2.00 bits per heavy atom. The second kappa shape index (κ2) is 5.60. The standard InChI is InChI=1S/C9H18N2O4S/c1-2-8(7-9(12)13)10-16(14,15)11-5-3-4-6-11/h8,10H,2-7H2,1H3,(H,12,13). The first-order valence-corrected chi connectivity index (χ1v) is 6.89. The third-order valence-electron chi connectivity index (χ3n) is 2.63. The quantitative estimate of drug-likeness (QED) is 0.703. The Hall–Kier alpha value is -0.660. The molecule has 0 amide bonds. The van der Waals surface area contributed by atoms with E-state index in [1.165, 1.54) is 4.31 Å². The molecule has 7 heteroatoms. The highest BCUT2D eigenvalue weighted by Gasteiger charge is 2.27. The molecule has 0 aromatic carbocycles. The predicted molar refractivity (Wildman–Crippen MR) is 59.2 cm³/mol. The smallest absolute Gasteiger partial charge is 0.304 e. The Labute approximate surface area is 95.8 Å². The minimum Gasteiger partial charge on any atom is -0.481 e. The summed E-state index contributed by atoms with van der Waals surface area (Å²) in [5, 5.41) is 8.63. The highest BCUT2D eigenvalue weighted by molar-refractivity contribution is 7.87. The molecule has 1 aliphatic rings. The van der Waals surface area contributed by atoms with E-state index in [4.69, 9.17) is 5.11 Å². The van der Waals surface area contributed by atoms with Gasteiger partial charge in [0.15, 0.2) is 0 Å². The monoisotopic (exact) mass is 250 g/mol. The van der Waals surface area contributed by atoms with E-state index in [-0.39, 0.29) is 6.42 Å². The van der Waals surface area contributed by atoms with Gasteiger partial charge in [-0.1, -0.05) is 6.92 Å². The molecule has 0 saturated carbocycles. The lowest BCUT2D eigenvalue weighted by molar-refractivity contribution is -0.137. The number of carboxylic acids is 1. The van der Waals surface area contributed by atoms with E-state index >= 15 is 0 Å². The molecule has 2 N–H and O–H groups in total. The Morgan fingerprint density at radius 1 is 1.44 bits per heavy atom. The van der Waals surface area contributed by atoms with Gasteiger partial charge >= 0.3 is 5.97 Å². The van der Waals surface area contributed by atoms with E-state index in [9.17, 15) is 13.2 Å². The zero-order valence-corrected chi connectivity index (χ0v) is 10.2. The van der Waals surface area contributed by atoms with Gasteiger partial charge in [0.1, 0.15) is 0 Å². The molecular weight excluding hydrogens is 232 g/mol. The van der Waals surface area contributed by atoms with Crippen LogP contribution in [-0.2, 0) is 15.0 Å². The summed E-state index contributed by atoms with van der Waals surface area (Å²) in [7, 11) is -3.50. The van der Waals surface area contributed by atoms with Crippen molar-refractivity contribution in [3.8, 4) is 0 Å². The van der Waals surface area contributed by atoms with Gasteiger partial charge in [-0.25, -0.2) is 0 Å². The summed E-state index contributed by atoms with van der Waals surface area (Å²) in [6.45, 7) is 2.82. The molecule has 6 nitrogen and oxygen atoms in total. The number of nitrogens with zero attached hydrogens (tertiary/aromatic N) is 1. The van der Waals surface area contributed by atoms with Crippen LogP contribution in [0, 0.1) is 0 Å². The second-order valence-electron chi connectivity index (χ2n) is 3.93. The molecule has 16 heavy (non-hydrogen) atoms. The molecule has 94 valence electrons. The summed E-state index contributed by atoms with van der Waals surface area (Å²) < 4.78 is 27.4. The van der Waals surface area contributed by atoms with E-state index in [0.29, 0.717) is 19.5 Å². The molecule has 0 aliphatic carbocycles. The predicted octanol–water partition coefficient (Wildman–Crippen LogP) is 0.170. The number of aliphatic carboxylic acids is 1. The maximum atomic E-state index is 11.8. The SMILES string of the molecule is CCC(CC(=O)O)NS(=O)(=O)N1CCCC1. The molecule has 1 heterocycles. The largest absolute Gasteiger partial charge is 0.481 e. The number of carbonyl (C=O) groups is 1. The van der Waals surface area contributed by atoms with E-state index in [1.807, 2.05) is 0 Å². The van der Waals surface area contributed by atoms with Gasteiger partial charge in [-0.2, -0.15) is 17.4 Å². The number of hydrogen-bond donors (Lipinski definition) is 2. The zero-order chi connectivity index (χ0) is 12.2. The summed E-state index contributed by atoms with van der Waals surface area (Å²) >= 11 is 0. The third kappa shape index (κ3) is 3.73. The fourth-order valence-corrected chi connectivity index (χ4v) is 3.25. The Morgan fingerprint density at radius 3 is 2.44 bits per heavy atom. The first-order valence-electron chi connectivity index (χ1n) is 5.45. The Balaban J connectivity index is 2.58. The fourth-order valence-electron chi connectivity index (χ4n) is 1.69. The number of carboxylic acid groups (broad SMARTS) is 1.